The van der Waals surface area contributed by atoms with Crippen LogP contribution < -0.4 is 0 Å². The Balaban J connectivity index is 2.56. The van der Waals surface area contributed by atoms with Crippen molar-refractivity contribution in [2.45, 2.75) is 18.7 Å². The number of carbonyl (C=O) groups is 1. The monoisotopic (exact) mass is 284 g/mol. The van der Waals surface area contributed by atoms with Crippen LogP contribution in [0.2, 0.25) is 0 Å². The Morgan fingerprint density at radius 2 is 1.89 bits per heavy atom. The van der Waals surface area contributed by atoms with Crippen LogP contribution in [0.15, 0.2) is 41.3 Å². The minimum atomic E-state index is -3.82. The largest absolute Gasteiger partial charge is 0.460 e. The molecule has 0 heterocycles. The van der Waals surface area contributed by atoms with E-state index in [1.54, 1.807) is 25.1 Å². The molecular weight excluding hydrogens is 268 g/mol. The van der Waals surface area contributed by atoms with E-state index in [2.05, 4.69) is 6.58 Å². The van der Waals surface area contributed by atoms with Gasteiger partial charge in [-0.1, -0.05) is 24.8 Å². The van der Waals surface area contributed by atoms with Crippen LogP contribution in [0.25, 0.3) is 0 Å². The average Bonchev–Trinajstić information content (AvgIpc) is 2.34. The van der Waals surface area contributed by atoms with Gasteiger partial charge in [0.25, 0.3) is 10.1 Å². The third-order valence-electron chi connectivity index (χ3n) is 2.27. The second-order valence-electron chi connectivity index (χ2n) is 3.96. The summed E-state index contributed by atoms with van der Waals surface area (Å²) in [6, 6.07) is 6.50. The molecule has 5 nitrogen and oxygen atoms in total. The molecule has 0 saturated heterocycles. The number of aryl methyl sites for hydroxylation is 1. The summed E-state index contributed by atoms with van der Waals surface area (Å²) in [5.74, 6) is -0.572. The molecule has 6 heteroatoms. The number of rotatable bonds is 6. The van der Waals surface area contributed by atoms with E-state index in [1.165, 1.54) is 13.0 Å². The third-order valence-corrected chi connectivity index (χ3v) is 3.74. The second kappa shape index (κ2) is 6.49. The van der Waals surface area contributed by atoms with Gasteiger partial charge in [-0.25, -0.2) is 4.79 Å². The predicted octanol–water partition coefficient (Wildman–Crippen LogP) is 1.82. The maximum absolute atomic E-state index is 11.9. The summed E-state index contributed by atoms with van der Waals surface area (Å²) in [6.45, 7) is 6.22. The van der Waals surface area contributed by atoms with Crippen molar-refractivity contribution in [2.24, 2.45) is 0 Å². The molecule has 104 valence electrons. The lowest BCUT2D eigenvalue weighted by Gasteiger charge is -2.08. The summed E-state index contributed by atoms with van der Waals surface area (Å²) in [6.07, 6.45) is 0. The Bertz CT molecular complexity index is 574. The molecule has 0 fully saturated rings. The van der Waals surface area contributed by atoms with Gasteiger partial charge in [0.2, 0.25) is 0 Å². The van der Waals surface area contributed by atoms with E-state index in [-0.39, 0.29) is 23.7 Å². The Hall–Kier alpha value is -1.66. The zero-order valence-electron chi connectivity index (χ0n) is 10.9. The molecule has 0 N–H and O–H groups in total. The van der Waals surface area contributed by atoms with Crippen molar-refractivity contribution >= 4 is 16.1 Å². The lowest BCUT2D eigenvalue weighted by Crippen LogP contribution is -2.15. The molecule has 0 unspecified atom stereocenters. The van der Waals surface area contributed by atoms with Gasteiger partial charge in [0.1, 0.15) is 13.2 Å². The summed E-state index contributed by atoms with van der Waals surface area (Å²) >= 11 is 0. The highest BCUT2D eigenvalue weighted by Gasteiger charge is 2.17. The molecule has 0 amide bonds. The summed E-state index contributed by atoms with van der Waals surface area (Å²) < 4.78 is 33.2. The van der Waals surface area contributed by atoms with Gasteiger partial charge >= 0.3 is 5.97 Å². The van der Waals surface area contributed by atoms with Crippen molar-refractivity contribution in [1.82, 2.24) is 0 Å². The summed E-state index contributed by atoms with van der Waals surface area (Å²) in [5.41, 5.74) is 0.850. The van der Waals surface area contributed by atoms with E-state index >= 15 is 0 Å². The molecule has 0 aromatic heterocycles. The standard InChI is InChI=1S/C13H16O5S/c1-10(2)13(14)17-8-9-18-19(15,16)12-7-5-4-6-11(12)3/h4-7H,1,8-9H2,2-3H3. The fourth-order valence-electron chi connectivity index (χ4n) is 1.30. The van der Waals surface area contributed by atoms with Crippen molar-refractivity contribution in [2.75, 3.05) is 13.2 Å². The van der Waals surface area contributed by atoms with Crippen LogP contribution in [-0.2, 0) is 23.8 Å². The van der Waals surface area contributed by atoms with E-state index in [0.29, 0.717) is 5.56 Å². The van der Waals surface area contributed by atoms with Crippen LogP contribution in [0.4, 0.5) is 0 Å². The smallest absolute Gasteiger partial charge is 0.333 e. The predicted molar refractivity (Wildman–Crippen MR) is 70.1 cm³/mol. The first-order valence-electron chi connectivity index (χ1n) is 5.62. The van der Waals surface area contributed by atoms with Crippen LogP contribution in [0, 0.1) is 6.92 Å². The van der Waals surface area contributed by atoms with Gasteiger partial charge in [-0.2, -0.15) is 8.42 Å². The van der Waals surface area contributed by atoms with Gasteiger partial charge in [-0.15, -0.1) is 0 Å². The van der Waals surface area contributed by atoms with Crippen LogP contribution in [0.5, 0.6) is 0 Å². The van der Waals surface area contributed by atoms with Crippen LogP contribution in [0.3, 0.4) is 0 Å². The molecule has 0 atom stereocenters. The zero-order valence-corrected chi connectivity index (χ0v) is 11.7. The molecule has 0 aliphatic rings. The van der Waals surface area contributed by atoms with Crippen LogP contribution >= 0.6 is 0 Å². The fraction of sp³-hybridized carbons (Fsp3) is 0.308. The van der Waals surface area contributed by atoms with Gasteiger partial charge in [-0.3, -0.25) is 4.18 Å². The van der Waals surface area contributed by atoms with Gasteiger partial charge in [0.15, 0.2) is 0 Å². The van der Waals surface area contributed by atoms with Gasteiger partial charge in [0.05, 0.1) is 4.90 Å². The van der Waals surface area contributed by atoms with Crippen LogP contribution in [0.1, 0.15) is 12.5 Å². The third kappa shape index (κ3) is 4.50. The molecule has 0 saturated carbocycles. The quantitative estimate of drug-likeness (QED) is 0.345. The summed E-state index contributed by atoms with van der Waals surface area (Å²) in [4.78, 5) is 11.2. The molecule has 0 bridgehead atoms. The molecule has 1 rings (SSSR count). The number of hydrogen-bond donors (Lipinski definition) is 0. The van der Waals surface area contributed by atoms with Crippen molar-refractivity contribution in [3.63, 3.8) is 0 Å². The molecule has 0 aliphatic heterocycles. The normalized spacial score (nSPS) is 11.1. The van der Waals surface area contributed by atoms with E-state index in [4.69, 9.17) is 8.92 Å². The van der Waals surface area contributed by atoms with E-state index in [1.807, 2.05) is 0 Å². The fourth-order valence-corrected chi connectivity index (χ4v) is 2.42. The first kappa shape index (κ1) is 15.4. The molecule has 0 aliphatic carbocycles. The highest BCUT2D eigenvalue weighted by atomic mass is 32.2. The van der Waals surface area contributed by atoms with E-state index in [0.717, 1.165) is 0 Å². The maximum atomic E-state index is 11.9. The Labute approximate surface area is 113 Å². The first-order valence-corrected chi connectivity index (χ1v) is 7.03. The number of ether oxygens (including phenoxy) is 1. The van der Waals surface area contributed by atoms with Crippen molar-refractivity contribution in [3.8, 4) is 0 Å². The molecular formula is C13H16O5S. The highest BCUT2D eigenvalue weighted by Crippen LogP contribution is 2.16. The topological polar surface area (TPSA) is 69.7 Å². The number of carbonyl (C=O) groups excluding carboxylic acids is 1. The number of esters is 1. The Morgan fingerprint density at radius 1 is 1.26 bits per heavy atom. The molecule has 0 radical (unpaired) electrons. The lowest BCUT2D eigenvalue weighted by atomic mass is 10.2. The van der Waals surface area contributed by atoms with Gasteiger partial charge in [0, 0.05) is 5.57 Å². The van der Waals surface area contributed by atoms with Crippen LogP contribution in [-0.4, -0.2) is 27.6 Å². The van der Waals surface area contributed by atoms with Crippen molar-refractivity contribution in [1.29, 1.82) is 0 Å². The van der Waals surface area contributed by atoms with E-state index < -0.39 is 16.1 Å². The Morgan fingerprint density at radius 3 is 2.47 bits per heavy atom. The zero-order chi connectivity index (χ0) is 14.5. The highest BCUT2D eigenvalue weighted by molar-refractivity contribution is 7.86. The minimum absolute atomic E-state index is 0.112. The molecule has 1 aromatic rings. The lowest BCUT2D eigenvalue weighted by molar-refractivity contribution is -0.139. The van der Waals surface area contributed by atoms with Crippen molar-refractivity contribution in [3.05, 3.63) is 42.0 Å². The van der Waals surface area contributed by atoms with Crippen molar-refractivity contribution < 1.29 is 22.1 Å². The number of benzene rings is 1. The maximum Gasteiger partial charge on any atom is 0.333 e. The molecule has 0 spiro atoms. The second-order valence-corrected chi connectivity index (χ2v) is 5.54. The van der Waals surface area contributed by atoms with Gasteiger partial charge in [-0.05, 0) is 25.5 Å². The average molecular weight is 284 g/mol. The summed E-state index contributed by atoms with van der Waals surface area (Å²) in [7, 11) is -3.82. The Kier molecular flexibility index (Phi) is 5.26. The molecule has 19 heavy (non-hydrogen) atoms. The first-order chi connectivity index (χ1) is 8.84. The van der Waals surface area contributed by atoms with E-state index in [9.17, 15) is 13.2 Å². The SMILES string of the molecule is C=C(C)C(=O)OCCOS(=O)(=O)c1ccccc1C. The molecule has 1 aromatic carbocycles. The van der Waals surface area contributed by atoms with Gasteiger partial charge < -0.3 is 4.74 Å². The minimum Gasteiger partial charge on any atom is -0.460 e. The summed E-state index contributed by atoms with van der Waals surface area (Å²) in [5, 5.41) is 0. The number of hydrogen-bond acceptors (Lipinski definition) is 5.